The Hall–Kier alpha value is -1.51. The highest BCUT2D eigenvalue weighted by atomic mass is 35.5. The zero-order valence-electron chi connectivity index (χ0n) is 12.1. The second kappa shape index (κ2) is 6.78. The number of nitrogens with one attached hydrogen (secondary N) is 1. The molecule has 0 spiro atoms. The van der Waals surface area contributed by atoms with Crippen molar-refractivity contribution in [3.63, 3.8) is 0 Å². The number of ether oxygens (including phenoxy) is 1. The average Bonchev–Trinajstić information content (AvgIpc) is 2.44. The van der Waals surface area contributed by atoms with E-state index in [4.69, 9.17) is 16.3 Å². The van der Waals surface area contributed by atoms with Crippen molar-refractivity contribution >= 4 is 11.6 Å². The number of aryl methyl sites for hydroxylation is 1. The molecule has 2 nitrogen and oxygen atoms in total. The lowest BCUT2D eigenvalue weighted by Gasteiger charge is -2.18. The molecule has 3 heteroatoms. The summed E-state index contributed by atoms with van der Waals surface area (Å²) in [5, 5.41) is 4.14. The van der Waals surface area contributed by atoms with Crippen LogP contribution in [-0.2, 0) is 6.42 Å². The van der Waals surface area contributed by atoms with Crippen LogP contribution in [0.5, 0.6) is 5.75 Å². The van der Waals surface area contributed by atoms with Crippen molar-refractivity contribution in [2.24, 2.45) is 0 Å². The molecule has 1 N–H and O–H groups in total. The molecule has 2 aromatic rings. The van der Waals surface area contributed by atoms with Crippen LogP contribution in [0, 0.1) is 6.92 Å². The van der Waals surface area contributed by atoms with Crippen LogP contribution in [0.1, 0.15) is 22.7 Å². The maximum absolute atomic E-state index is 6.15. The minimum Gasteiger partial charge on any atom is -0.497 e. The van der Waals surface area contributed by atoms with Crippen LogP contribution in [0.4, 0.5) is 0 Å². The third-order valence-corrected chi connectivity index (χ3v) is 3.61. The van der Waals surface area contributed by atoms with Crippen molar-refractivity contribution in [3.05, 3.63) is 64.2 Å². The molecule has 0 bridgehead atoms. The molecule has 1 unspecified atom stereocenters. The third kappa shape index (κ3) is 3.75. The molecule has 0 heterocycles. The van der Waals surface area contributed by atoms with Crippen LogP contribution in [0.2, 0.25) is 5.02 Å². The van der Waals surface area contributed by atoms with Crippen molar-refractivity contribution < 1.29 is 4.74 Å². The summed E-state index contributed by atoms with van der Waals surface area (Å²) in [4.78, 5) is 0. The molecule has 0 aliphatic rings. The molecule has 1 atom stereocenters. The van der Waals surface area contributed by atoms with Gasteiger partial charge in [-0.2, -0.15) is 0 Å². The second-order valence-electron chi connectivity index (χ2n) is 4.96. The van der Waals surface area contributed by atoms with E-state index in [0.717, 1.165) is 17.2 Å². The maximum Gasteiger partial charge on any atom is 0.119 e. The van der Waals surface area contributed by atoms with Crippen molar-refractivity contribution in [2.75, 3.05) is 14.2 Å². The van der Waals surface area contributed by atoms with Crippen LogP contribution in [0.15, 0.2) is 42.5 Å². The Kier molecular flexibility index (Phi) is 5.05. The lowest BCUT2D eigenvalue weighted by Crippen LogP contribution is -2.19. The van der Waals surface area contributed by atoms with E-state index in [0.29, 0.717) is 0 Å². The van der Waals surface area contributed by atoms with Crippen LogP contribution >= 0.6 is 11.6 Å². The smallest absolute Gasteiger partial charge is 0.119 e. The Morgan fingerprint density at radius 3 is 2.65 bits per heavy atom. The van der Waals surface area contributed by atoms with Gasteiger partial charge in [-0.15, -0.1) is 0 Å². The molecule has 0 aromatic heterocycles. The number of rotatable bonds is 5. The first kappa shape index (κ1) is 14.9. The van der Waals surface area contributed by atoms with Gasteiger partial charge in [0.15, 0.2) is 0 Å². The van der Waals surface area contributed by atoms with Crippen molar-refractivity contribution in [2.45, 2.75) is 19.4 Å². The van der Waals surface area contributed by atoms with Gasteiger partial charge in [-0.1, -0.05) is 29.8 Å². The highest BCUT2D eigenvalue weighted by Crippen LogP contribution is 2.24. The Morgan fingerprint density at radius 2 is 2.00 bits per heavy atom. The SMILES string of the molecule is CNC(Cc1cccc(OC)c1)c1cc(C)cc(Cl)c1. The second-order valence-corrected chi connectivity index (χ2v) is 5.40. The van der Waals surface area contributed by atoms with E-state index in [1.807, 2.05) is 31.3 Å². The third-order valence-electron chi connectivity index (χ3n) is 3.39. The highest BCUT2D eigenvalue weighted by Gasteiger charge is 2.11. The maximum atomic E-state index is 6.15. The molecule has 0 amide bonds. The first-order valence-electron chi connectivity index (χ1n) is 6.69. The molecule has 0 saturated carbocycles. The van der Waals surface area contributed by atoms with Crippen LogP contribution in [0.25, 0.3) is 0 Å². The summed E-state index contributed by atoms with van der Waals surface area (Å²) < 4.78 is 5.27. The van der Waals surface area contributed by atoms with E-state index in [-0.39, 0.29) is 6.04 Å². The largest absolute Gasteiger partial charge is 0.497 e. The fourth-order valence-corrected chi connectivity index (χ4v) is 2.69. The molecule has 0 aliphatic heterocycles. The Labute approximate surface area is 125 Å². The summed E-state index contributed by atoms with van der Waals surface area (Å²) in [6, 6.07) is 14.6. The molecule has 20 heavy (non-hydrogen) atoms. The lowest BCUT2D eigenvalue weighted by atomic mass is 9.97. The Morgan fingerprint density at radius 1 is 1.20 bits per heavy atom. The summed E-state index contributed by atoms with van der Waals surface area (Å²) in [6.45, 7) is 2.06. The van der Waals surface area contributed by atoms with Gasteiger partial charge >= 0.3 is 0 Å². The number of halogens is 1. The lowest BCUT2D eigenvalue weighted by molar-refractivity contribution is 0.414. The van der Waals surface area contributed by atoms with E-state index in [1.54, 1.807) is 7.11 Å². The molecule has 106 valence electrons. The summed E-state index contributed by atoms with van der Waals surface area (Å²) in [6.07, 6.45) is 0.896. The van der Waals surface area contributed by atoms with E-state index in [2.05, 4.69) is 30.4 Å². The van der Waals surface area contributed by atoms with Gasteiger partial charge in [-0.05, 0) is 61.3 Å². The fraction of sp³-hybridized carbons (Fsp3) is 0.294. The van der Waals surface area contributed by atoms with Gasteiger partial charge in [-0.3, -0.25) is 0 Å². The zero-order chi connectivity index (χ0) is 14.5. The topological polar surface area (TPSA) is 21.3 Å². The zero-order valence-corrected chi connectivity index (χ0v) is 12.9. The first-order chi connectivity index (χ1) is 9.62. The van der Waals surface area contributed by atoms with Crippen molar-refractivity contribution in [3.8, 4) is 5.75 Å². The van der Waals surface area contributed by atoms with E-state index < -0.39 is 0 Å². The van der Waals surface area contributed by atoms with Gasteiger partial charge in [0.1, 0.15) is 5.75 Å². The van der Waals surface area contributed by atoms with Crippen molar-refractivity contribution in [1.29, 1.82) is 0 Å². The molecule has 0 aliphatic carbocycles. The van der Waals surface area contributed by atoms with E-state index in [1.165, 1.54) is 16.7 Å². The average molecular weight is 290 g/mol. The van der Waals surface area contributed by atoms with E-state index >= 15 is 0 Å². The van der Waals surface area contributed by atoms with Gasteiger partial charge in [-0.25, -0.2) is 0 Å². The van der Waals surface area contributed by atoms with Crippen LogP contribution in [0.3, 0.4) is 0 Å². The number of hydrogen-bond acceptors (Lipinski definition) is 2. The van der Waals surface area contributed by atoms with Crippen LogP contribution in [-0.4, -0.2) is 14.2 Å². The molecule has 2 aromatic carbocycles. The van der Waals surface area contributed by atoms with Crippen LogP contribution < -0.4 is 10.1 Å². The normalized spacial score (nSPS) is 12.2. The number of likely N-dealkylation sites (N-methyl/N-ethyl adjacent to an activating group) is 1. The van der Waals surface area contributed by atoms with Gasteiger partial charge in [0, 0.05) is 11.1 Å². The van der Waals surface area contributed by atoms with Gasteiger partial charge in [0.25, 0.3) is 0 Å². The monoisotopic (exact) mass is 289 g/mol. The molecule has 0 fully saturated rings. The standard InChI is InChI=1S/C17H20ClNO/c1-12-7-14(11-15(18)8-12)17(19-2)10-13-5-4-6-16(9-13)20-3/h4-9,11,17,19H,10H2,1-3H3. The Balaban J connectivity index is 2.23. The molecule has 2 rings (SSSR count). The highest BCUT2D eigenvalue weighted by molar-refractivity contribution is 6.30. The molecule has 0 saturated heterocycles. The fourth-order valence-electron chi connectivity index (χ4n) is 2.39. The molecular formula is C17H20ClNO. The van der Waals surface area contributed by atoms with E-state index in [9.17, 15) is 0 Å². The number of methoxy groups -OCH3 is 1. The first-order valence-corrected chi connectivity index (χ1v) is 7.07. The van der Waals surface area contributed by atoms with Gasteiger partial charge < -0.3 is 10.1 Å². The predicted octanol–water partition coefficient (Wildman–Crippen LogP) is 4.16. The van der Waals surface area contributed by atoms with Gasteiger partial charge in [0.2, 0.25) is 0 Å². The molecular weight excluding hydrogens is 270 g/mol. The summed E-state index contributed by atoms with van der Waals surface area (Å²) in [5.41, 5.74) is 3.63. The van der Waals surface area contributed by atoms with Crippen molar-refractivity contribution in [1.82, 2.24) is 5.32 Å². The predicted molar refractivity (Wildman–Crippen MR) is 84.7 cm³/mol. The molecule has 0 radical (unpaired) electrons. The minimum atomic E-state index is 0.236. The number of benzene rings is 2. The number of hydrogen-bond donors (Lipinski definition) is 1. The van der Waals surface area contributed by atoms with Gasteiger partial charge in [0.05, 0.1) is 7.11 Å². The summed E-state index contributed by atoms with van der Waals surface area (Å²) in [7, 11) is 3.66. The summed E-state index contributed by atoms with van der Waals surface area (Å²) >= 11 is 6.15. The summed E-state index contributed by atoms with van der Waals surface area (Å²) in [5.74, 6) is 0.889. The quantitative estimate of drug-likeness (QED) is 0.892. The minimum absolute atomic E-state index is 0.236. The Bertz CT molecular complexity index is 563.